The van der Waals surface area contributed by atoms with Crippen molar-refractivity contribution >= 4 is 16.7 Å². The van der Waals surface area contributed by atoms with E-state index >= 15 is 0 Å². The zero-order chi connectivity index (χ0) is 12.5. The Morgan fingerprint density at radius 1 is 1.28 bits per heavy atom. The standard InChI is InChI=1S/C13H9N3O2/c17-13(18)11-7-16(8-15-11)12-3-1-2-9-6-14-5-4-10(9)12/h1-8H,(H,17,18). The van der Waals surface area contributed by atoms with E-state index in [2.05, 4.69) is 9.97 Å². The maximum atomic E-state index is 10.8. The molecule has 1 N–H and O–H groups in total. The number of imidazole rings is 1. The molecule has 0 aliphatic carbocycles. The molecule has 5 heteroatoms. The van der Waals surface area contributed by atoms with Crippen molar-refractivity contribution in [2.24, 2.45) is 0 Å². The SMILES string of the molecule is O=C(O)c1cn(-c2cccc3cnccc23)cn1. The summed E-state index contributed by atoms with van der Waals surface area (Å²) in [5, 5.41) is 10.9. The van der Waals surface area contributed by atoms with Gasteiger partial charge in [-0.25, -0.2) is 9.78 Å². The zero-order valence-electron chi connectivity index (χ0n) is 9.32. The number of benzene rings is 1. The van der Waals surface area contributed by atoms with Crippen molar-refractivity contribution < 1.29 is 9.90 Å². The van der Waals surface area contributed by atoms with Crippen LogP contribution in [0.15, 0.2) is 49.2 Å². The van der Waals surface area contributed by atoms with Crippen LogP contribution in [0, 0.1) is 0 Å². The molecule has 5 nitrogen and oxygen atoms in total. The summed E-state index contributed by atoms with van der Waals surface area (Å²) < 4.78 is 1.70. The van der Waals surface area contributed by atoms with Gasteiger partial charge in [-0.2, -0.15) is 0 Å². The lowest BCUT2D eigenvalue weighted by molar-refractivity contribution is 0.0691. The summed E-state index contributed by atoms with van der Waals surface area (Å²) in [4.78, 5) is 18.7. The van der Waals surface area contributed by atoms with Crippen molar-refractivity contribution in [2.75, 3.05) is 0 Å². The molecule has 0 amide bonds. The lowest BCUT2D eigenvalue weighted by Gasteiger charge is -2.06. The summed E-state index contributed by atoms with van der Waals surface area (Å²) in [6.07, 6.45) is 6.48. The number of fused-ring (bicyclic) bond motifs is 1. The summed E-state index contributed by atoms with van der Waals surface area (Å²) >= 11 is 0. The second-order valence-electron chi connectivity index (χ2n) is 3.85. The topological polar surface area (TPSA) is 68.0 Å². The smallest absolute Gasteiger partial charge is 0.356 e. The van der Waals surface area contributed by atoms with Crippen LogP contribution >= 0.6 is 0 Å². The predicted molar refractivity (Wildman–Crippen MR) is 65.8 cm³/mol. The van der Waals surface area contributed by atoms with Crippen LogP contribution in [-0.2, 0) is 0 Å². The molecule has 0 bridgehead atoms. The van der Waals surface area contributed by atoms with E-state index in [-0.39, 0.29) is 5.69 Å². The Bertz CT molecular complexity index is 728. The third-order valence-corrected chi connectivity index (χ3v) is 2.74. The third kappa shape index (κ3) is 1.62. The van der Waals surface area contributed by atoms with E-state index in [1.54, 1.807) is 17.0 Å². The van der Waals surface area contributed by atoms with Gasteiger partial charge in [0.15, 0.2) is 5.69 Å². The molecule has 0 fully saturated rings. The van der Waals surface area contributed by atoms with E-state index in [9.17, 15) is 4.79 Å². The normalized spacial score (nSPS) is 10.7. The molecule has 1 aromatic carbocycles. The Labute approximate surface area is 102 Å². The van der Waals surface area contributed by atoms with Crippen LogP contribution in [0.5, 0.6) is 0 Å². The fourth-order valence-electron chi connectivity index (χ4n) is 1.90. The number of aromatic carboxylic acids is 1. The van der Waals surface area contributed by atoms with Gasteiger partial charge in [-0.1, -0.05) is 12.1 Å². The fraction of sp³-hybridized carbons (Fsp3) is 0. The molecule has 0 atom stereocenters. The largest absolute Gasteiger partial charge is 0.476 e. The summed E-state index contributed by atoms with van der Waals surface area (Å²) in [6.45, 7) is 0. The van der Waals surface area contributed by atoms with Gasteiger partial charge in [0.25, 0.3) is 0 Å². The van der Waals surface area contributed by atoms with Gasteiger partial charge >= 0.3 is 5.97 Å². The number of carboxylic acids is 1. The molecule has 0 aliphatic heterocycles. The fourth-order valence-corrected chi connectivity index (χ4v) is 1.90. The third-order valence-electron chi connectivity index (χ3n) is 2.74. The molecular weight excluding hydrogens is 230 g/mol. The van der Waals surface area contributed by atoms with Gasteiger partial charge in [0.2, 0.25) is 0 Å². The number of carboxylic acid groups (broad SMARTS) is 1. The van der Waals surface area contributed by atoms with E-state index < -0.39 is 5.97 Å². The first-order valence-electron chi connectivity index (χ1n) is 5.36. The highest BCUT2D eigenvalue weighted by atomic mass is 16.4. The van der Waals surface area contributed by atoms with Gasteiger partial charge in [0, 0.05) is 29.4 Å². The molecule has 3 aromatic rings. The van der Waals surface area contributed by atoms with E-state index in [1.807, 2.05) is 24.3 Å². The molecule has 18 heavy (non-hydrogen) atoms. The Balaban J connectivity index is 2.21. The van der Waals surface area contributed by atoms with Crippen LogP contribution in [0.4, 0.5) is 0 Å². The van der Waals surface area contributed by atoms with Crippen LogP contribution in [0.25, 0.3) is 16.5 Å². The number of hydrogen-bond donors (Lipinski definition) is 1. The molecule has 0 unspecified atom stereocenters. The number of rotatable bonds is 2. The highest BCUT2D eigenvalue weighted by Crippen LogP contribution is 2.21. The van der Waals surface area contributed by atoms with Crippen LogP contribution in [-0.4, -0.2) is 25.6 Å². The van der Waals surface area contributed by atoms with E-state index in [1.165, 1.54) is 12.5 Å². The molecule has 0 radical (unpaired) electrons. The highest BCUT2D eigenvalue weighted by molar-refractivity contribution is 5.90. The minimum atomic E-state index is -1.03. The summed E-state index contributed by atoms with van der Waals surface area (Å²) in [5.74, 6) is -1.03. The van der Waals surface area contributed by atoms with Crippen molar-refractivity contribution in [3.63, 3.8) is 0 Å². The molecule has 2 heterocycles. The van der Waals surface area contributed by atoms with Crippen molar-refractivity contribution in [2.45, 2.75) is 0 Å². The molecule has 0 spiro atoms. The van der Waals surface area contributed by atoms with Gasteiger partial charge in [-0.05, 0) is 12.1 Å². The summed E-state index contributed by atoms with van der Waals surface area (Å²) in [5.41, 5.74) is 0.913. The van der Waals surface area contributed by atoms with Crippen LogP contribution in [0.3, 0.4) is 0 Å². The molecule has 2 aromatic heterocycles. The van der Waals surface area contributed by atoms with Gasteiger partial charge in [0.05, 0.1) is 5.69 Å². The molecule has 0 aliphatic rings. The van der Waals surface area contributed by atoms with E-state index in [0.29, 0.717) is 0 Å². The van der Waals surface area contributed by atoms with Crippen molar-refractivity contribution in [1.82, 2.24) is 14.5 Å². The number of nitrogens with zero attached hydrogens (tertiary/aromatic N) is 3. The first kappa shape index (κ1) is 10.5. The van der Waals surface area contributed by atoms with Crippen molar-refractivity contribution in [1.29, 1.82) is 0 Å². The first-order valence-corrected chi connectivity index (χ1v) is 5.36. The number of hydrogen-bond acceptors (Lipinski definition) is 3. The minimum Gasteiger partial charge on any atom is -0.476 e. The van der Waals surface area contributed by atoms with Crippen LogP contribution in [0.2, 0.25) is 0 Å². The second-order valence-corrected chi connectivity index (χ2v) is 3.85. The van der Waals surface area contributed by atoms with Crippen LogP contribution in [0.1, 0.15) is 10.5 Å². The Kier molecular flexibility index (Phi) is 2.30. The van der Waals surface area contributed by atoms with Crippen molar-refractivity contribution in [3.05, 3.63) is 54.9 Å². The highest BCUT2D eigenvalue weighted by Gasteiger charge is 2.09. The maximum absolute atomic E-state index is 10.8. The first-order chi connectivity index (χ1) is 8.75. The quantitative estimate of drug-likeness (QED) is 0.743. The lowest BCUT2D eigenvalue weighted by Crippen LogP contribution is -1.96. The molecule has 0 saturated carbocycles. The summed E-state index contributed by atoms with van der Waals surface area (Å²) in [7, 11) is 0. The Hall–Kier alpha value is -2.69. The Morgan fingerprint density at radius 3 is 2.94 bits per heavy atom. The van der Waals surface area contributed by atoms with Gasteiger partial charge in [-0.3, -0.25) is 4.98 Å². The monoisotopic (exact) mass is 239 g/mol. The average Bonchev–Trinajstić information content (AvgIpc) is 2.87. The molecular formula is C13H9N3O2. The average molecular weight is 239 g/mol. The molecule has 0 saturated heterocycles. The summed E-state index contributed by atoms with van der Waals surface area (Å²) in [6, 6.07) is 7.67. The van der Waals surface area contributed by atoms with Crippen LogP contribution < -0.4 is 0 Å². The van der Waals surface area contributed by atoms with Gasteiger partial charge in [0.1, 0.15) is 6.33 Å². The van der Waals surface area contributed by atoms with E-state index in [4.69, 9.17) is 5.11 Å². The van der Waals surface area contributed by atoms with Crippen molar-refractivity contribution in [3.8, 4) is 5.69 Å². The number of pyridine rings is 1. The van der Waals surface area contributed by atoms with Gasteiger partial charge in [-0.15, -0.1) is 0 Å². The number of carbonyl (C=O) groups is 1. The Morgan fingerprint density at radius 2 is 2.17 bits per heavy atom. The maximum Gasteiger partial charge on any atom is 0.356 e. The van der Waals surface area contributed by atoms with E-state index in [0.717, 1.165) is 16.5 Å². The molecule has 88 valence electrons. The number of aromatic nitrogens is 3. The second kappa shape index (κ2) is 3.96. The lowest BCUT2D eigenvalue weighted by atomic mass is 10.1. The predicted octanol–water partition coefficient (Wildman–Crippen LogP) is 2.12. The zero-order valence-corrected chi connectivity index (χ0v) is 9.32. The minimum absolute atomic E-state index is 0.0288. The van der Waals surface area contributed by atoms with Gasteiger partial charge < -0.3 is 9.67 Å². The molecule has 3 rings (SSSR count).